The van der Waals surface area contributed by atoms with Crippen LogP contribution in [0.4, 0.5) is 5.82 Å². The third-order valence-corrected chi connectivity index (χ3v) is 4.65. The topological polar surface area (TPSA) is 85.6 Å². The molecule has 1 aromatic carbocycles. The number of thioether (sulfide) groups is 1. The molecule has 3 rings (SSSR count). The number of hydrogen-bond acceptors (Lipinski definition) is 6. The Morgan fingerprint density at radius 2 is 2.08 bits per heavy atom. The number of rotatable bonds is 5. The molecule has 1 N–H and O–H groups in total. The van der Waals surface area contributed by atoms with Gasteiger partial charge in [-0.1, -0.05) is 29.4 Å². The van der Waals surface area contributed by atoms with E-state index in [0.29, 0.717) is 16.0 Å². The van der Waals surface area contributed by atoms with Crippen LogP contribution < -0.4 is 5.32 Å². The maximum absolute atomic E-state index is 12.1. The minimum absolute atomic E-state index is 0.162. The van der Waals surface area contributed by atoms with Crippen LogP contribution in [0, 0.1) is 13.8 Å². The lowest BCUT2D eigenvalue weighted by molar-refractivity contribution is -0.113. The second-order valence-corrected chi connectivity index (χ2v) is 6.72. The monoisotopic (exact) mass is 374 g/mol. The van der Waals surface area contributed by atoms with Gasteiger partial charge in [-0.3, -0.25) is 4.79 Å². The van der Waals surface area contributed by atoms with Crippen LogP contribution in [0.3, 0.4) is 0 Å². The first-order valence-corrected chi connectivity index (χ1v) is 8.79. The molecule has 0 aliphatic carbocycles. The molecule has 1 amide bonds. The molecule has 3 aromatic rings. The highest BCUT2D eigenvalue weighted by Crippen LogP contribution is 2.20. The van der Waals surface area contributed by atoms with E-state index in [9.17, 15) is 4.79 Å². The molecule has 0 aliphatic heterocycles. The highest BCUT2D eigenvalue weighted by atomic mass is 35.5. The lowest BCUT2D eigenvalue weighted by Crippen LogP contribution is -2.15. The number of aryl methyl sites for hydroxylation is 2. The Balaban J connectivity index is 1.66. The molecule has 0 spiro atoms. The Hall–Kier alpha value is -2.45. The van der Waals surface area contributed by atoms with E-state index in [-0.39, 0.29) is 11.7 Å². The number of amides is 1. The van der Waals surface area contributed by atoms with Crippen LogP contribution in [-0.2, 0) is 4.79 Å². The van der Waals surface area contributed by atoms with Crippen molar-refractivity contribution in [1.29, 1.82) is 0 Å². The summed E-state index contributed by atoms with van der Waals surface area (Å²) in [4.78, 5) is 16.1. The highest BCUT2D eigenvalue weighted by molar-refractivity contribution is 7.99. The van der Waals surface area contributed by atoms with E-state index in [1.165, 1.54) is 23.5 Å². The van der Waals surface area contributed by atoms with E-state index in [1.807, 2.05) is 32.0 Å². The summed E-state index contributed by atoms with van der Waals surface area (Å²) in [7, 11) is 0. The van der Waals surface area contributed by atoms with Crippen molar-refractivity contribution in [2.45, 2.75) is 19.0 Å². The minimum Gasteiger partial charge on any atom is -0.310 e. The summed E-state index contributed by atoms with van der Waals surface area (Å²) in [6.07, 6.45) is 1.48. The lowest BCUT2D eigenvalue weighted by Gasteiger charge is -2.07. The van der Waals surface area contributed by atoms with Crippen LogP contribution >= 0.6 is 23.4 Å². The predicted molar refractivity (Wildman–Crippen MR) is 97.2 cm³/mol. The molecule has 0 saturated heterocycles. The van der Waals surface area contributed by atoms with E-state index in [4.69, 9.17) is 11.6 Å². The van der Waals surface area contributed by atoms with Gasteiger partial charge in [-0.25, -0.2) is 4.98 Å². The van der Waals surface area contributed by atoms with Crippen LogP contribution in [-0.4, -0.2) is 36.9 Å². The van der Waals surface area contributed by atoms with Crippen molar-refractivity contribution in [3.8, 4) is 5.69 Å². The molecular formula is C16H15ClN6OS. The number of carbonyl (C=O) groups is 1. The van der Waals surface area contributed by atoms with Gasteiger partial charge in [0.2, 0.25) is 11.1 Å². The molecule has 0 fully saturated rings. The van der Waals surface area contributed by atoms with Crippen molar-refractivity contribution in [3.63, 3.8) is 0 Å². The van der Waals surface area contributed by atoms with E-state index in [0.717, 1.165) is 11.3 Å². The zero-order valence-electron chi connectivity index (χ0n) is 13.6. The van der Waals surface area contributed by atoms with Gasteiger partial charge in [0, 0.05) is 6.20 Å². The number of benzene rings is 1. The molecular weight excluding hydrogens is 360 g/mol. The zero-order valence-corrected chi connectivity index (χ0v) is 15.2. The lowest BCUT2D eigenvalue weighted by atomic mass is 10.1. The number of nitrogens with zero attached hydrogens (tertiary/aromatic N) is 5. The average Bonchev–Trinajstić information content (AvgIpc) is 3.06. The summed E-state index contributed by atoms with van der Waals surface area (Å²) in [6, 6.07) is 9.27. The summed E-state index contributed by atoms with van der Waals surface area (Å²) in [5.41, 5.74) is 3.20. The van der Waals surface area contributed by atoms with Crippen molar-refractivity contribution < 1.29 is 4.79 Å². The minimum atomic E-state index is -0.200. The maximum Gasteiger partial charge on any atom is 0.236 e. The van der Waals surface area contributed by atoms with E-state index in [2.05, 4.69) is 25.8 Å². The molecule has 0 aliphatic rings. The fourth-order valence-electron chi connectivity index (χ4n) is 2.05. The molecule has 9 heteroatoms. The first-order valence-electron chi connectivity index (χ1n) is 7.43. The van der Waals surface area contributed by atoms with Crippen molar-refractivity contribution >= 4 is 35.1 Å². The molecule has 0 atom stereocenters. The Labute approximate surface area is 153 Å². The van der Waals surface area contributed by atoms with Gasteiger partial charge < -0.3 is 5.32 Å². The highest BCUT2D eigenvalue weighted by Gasteiger charge is 2.12. The van der Waals surface area contributed by atoms with Crippen LogP contribution in [0.15, 0.2) is 41.7 Å². The van der Waals surface area contributed by atoms with Gasteiger partial charge in [0.15, 0.2) is 0 Å². The first-order chi connectivity index (χ1) is 12.0. The van der Waals surface area contributed by atoms with Gasteiger partial charge in [0.25, 0.3) is 0 Å². The normalized spacial score (nSPS) is 10.7. The zero-order chi connectivity index (χ0) is 17.8. The SMILES string of the molecule is Cc1ccc(-n2nnnc2SCC(=O)Nc2ccc(Cl)cn2)cc1C. The van der Waals surface area contributed by atoms with Crippen LogP contribution in [0.25, 0.3) is 5.69 Å². The standard InChI is InChI=1S/C16H15ClN6OS/c1-10-3-5-13(7-11(10)2)23-16(20-21-22-23)25-9-15(24)19-14-6-4-12(17)8-18-14/h3-8H,9H2,1-2H3,(H,18,19,24). The molecule has 128 valence electrons. The molecule has 0 radical (unpaired) electrons. The molecule has 2 aromatic heterocycles. The van der Waals surface area contributed by atoms with Gasteiger partial charge in [0.05, 0.1) is 16.5 Å². The van der Waals surface area contributed by atoms with Gasteiger partial charge in [-0.05, 0) is 59.7 Å². The average molecular weight is 375 g/mol. The third kappa shape index (κ3) is 4.34. The Kier molecular flexibility index (Phi) is 5.30. The number of carbonyl (C=O) groups excluding carboxylic acids is 1. The summed E-state index contributed by atoms with van der Waals surface area (Å²) in [6.45, 7) is 4.08. The molecule has 7 nitrogen and oxygen atoms in total. The summed E-state index contributed by atoms with van der Waals surface area (Å²) in [5.74, 6) is 0.411. The largest absolute Gasteiger partial charge is 0.310 e. The van der Waals surface area contributed by atoms with Gasteiger partial charge in [-0.2, -0.15) is 4.68 Å². The molecule has 0 saturated carbocycles. The van der Waals surface area contributed by atoms with Crippen molar-refractivity contribution in [2.24, 2.45) is 0 Å². The van der Waals surface area contributed by atoms with Gasteiger partial charge in [0.1, 0.15) is 5.82 Å². The number of nitrogens with one attached hydrogen (secondary N) is 1. The second-order valence-electron chi connectivity index (χ2n) is 5.34. The first kappa shape index (κ1) is 17.4. The van der Waals surface area contributed by atoms with Crippen molar-refractivity contribution in [3.05, 3.63) is 52.7 Å². The Bertz CT molecular complexity index is 896. The van der Waals surface area contributed by atoms with Crippen LogP contribution in [0.2, 0.25) is 5.02 Å². The third-order valence-electron chi connectivity index (χ3n) is 3.50. The van der Waals surface area contributed by atoms with E-state index >= 15 is 0 Å². The molecule has 0 bridgehead atoms. The fraction of sp³-hybridized carbons (Fsp3) is 0.188. The maximum atomic E-state index is 12.1. The number of tetrazole rings is 1. The Morgan fingerprint density at radius 1 is 1.24 bits per heavy atom. The Morgan fingerprint density at radius 3 is 2.80 bits per heavy atom. The fourth-order valence-corrected chi connectivity index (χ4v) is 2.85. The van der Waals surface area contributed by atoms with Crippen LogP contribution in [0.1, 0.15) is 11.1 Å². The molecule has 25 heavy (non-hydrogen) atoms. The van der Waals surface area contributed by atoms with Crippen molar-refractivity contribution in [2.75, 3.05) is 11.1 Å². The molecule has 0 unspecified atom stereocenters. The van der Waals surface area contributed by atoms with Crippen LogP contribution in [0.5, 0.6) is 0 Å². The smallest absolute Gasteiger partial charge is 0.236 e. The van der Waals surface area contributed by atoms with E-state index in [1.54, 1.807) is 16.8 Å². The van der Waals surface area contributed by atoms with Gasteiger partial charge >= 0.3 is 0 Å². The predicted octanol–water partition coefficient (Wildman–Crippen LogP) is 3.06. The summed E-state index contributed by atoms with van der Waals surface area (Å²) >= 11 is 7.02. The number of pyridine rings is 1. The van der Waals surface area contributed by atoms with Crippen molar-refractivity contribution in [1.82, 2.24) is 25.2 Å². The number of aromatic nitrogens is 5. The summed E-state index contributed by atoms with van der Waals surface area (Å²) in [5, 5.41) is 15.5. The number of halogens is 1. The van der Waals surface area contributed by atoms with E-state index < -0.39 is 0 Å². The van der Waals surface area contributed by atoms with Gasteiger partial charge in [-0.15, -0.1) is 5.10 Å². The molecule has 2 heterocycles. The number of hydrogen-bond donors (Lipinski definition) is 1. The quantitative estimate of drug-likeness (QED) is 0.691. The summed E-state index contributed by atoms with van der Waals surface area (Å²) < 4.78 is 1.62. The second kappa shape index (κ2) is 7.62. The number of anilines is 1.